The number of nitrogens with one attached hydrogen (secondary N) is 1. The first-order valence-electron chi connectivity index (χ1n) is 5.19. The lowest BCUT2D eigenvalue weighted by molar-refractivity contribution is -0.383. The molecule has 2 heterocycles. The first-order valence-corrected chi connectivity index (χ1v) is 5.19. The van der Waals surface area contributed by atoms with Gasteiger partial charge in [0.1, 0.15) is 5.52 Å². The van der Waals surface area contributed by atoms with E-state index in [1.54, 1.807) is 12.3 Å². The van der Waals surface area contributed by atoms with Gasteiger partial charge in [-0.05, 0) is 13.0 Å². The third-order valence-electron chi connectivity index (χ3n) is 2.92. The van der Waals surface area contributed by atoms with Crippen molar-refractivity contribution in [3.05, 3.63) is 46.3 Å². The summed E-state index contributed by atoms with van der Waals surface area (Å²) in [5.41, 5.74) is 2.35. The second-order valence-corrected chi connectivity index (χ2v) is 3.90. The number of fused-ring (bicyclic) bond motifs is 3. The lowest BCUT2D eigenvalue weighted by Gasteiger charge is -1.93. The van der Waals surface area contributed by atoms with Crippen molar-refractivity contribution >= 4 is 27.5 Å². The van der Waals surface area contributed by atoms with E-state index in [2.05, 4.69) is 9.97 Å². The molecule has 0 unspecified atom stereocenters. The van der Waals surface area contributed by atoms with Gasteiger partial charge in [0, 0.05) is 23.0 Å². The van der Waals surface area contributed by atoms with Crippen LogP contribution in [0.3, 0.4) is 0 Å². The Morgan fingerprint density at radius 2 is 2.00 bits per heavy atom. The van der Waals surface area contributed by atoms with Crippen molar-refractivity contribution in [3.8, 4) is 0 Å². The molecule has 5 nitrogen and oxygen atoms in total. The van der Waals surface area contributed by atoms with Gasteiger partial charge in [0.25, 0.3) is 5.69 Å². The molecule has 1 aromatic carbocycles. The third-order valence-corrected chi connectivity index (χ3v) is 2.92. The number of benzene rings is 1. The van der Waals surface area contributed by atoms with E-state index in [0.29, 0.717) is 5.52 Å². The van der Waals surface area contributed by atoms with Crippen LogP contribution in [-0.4, -0.2) is 14.9 Å². The Bertz CT molecular complexity index is 746. The minimum absolute atomic E-state index is 0.0955. The number of aromatic amines is 1. The zero-order valence-electron chi connectivity index (χ0n) is 9.10. The van der Waals surface area contributed by atoms with E-state index in [0.717, 1.165) is 22.0 Å². The molecule has 0 fully saturated rings. The van der Waals surface area contributed by atoms with E-state index in [9.17, 15) is 10.1 Å². The zero-order chi connectivity index (χ0) is 12.0. The maximum Gasteiger partial charge on any atom is 0.293 e. The zero-order valence-corrected chi connectivity index (χ0v) is 9.10. The number of aryl methyl sites for hydroxylation is 1. The van der Waals surface area contributed by atoms with Crippen molar-refractivity contribution in [1.29, 1.82) is 0 Å². The molecule has 2 aromatic heterocycles. The summed E-state index contributed by atoms with van der Waals surface area (Å²) in [5, 5.41) is 12.8. The van der Waals surface area contributed by atoms with Crippen LogP contribution < -0.4 is 0 Å². The van der Waals surface area contributed by atoms with Crippen LogP contribution >= 0.6 is 0 Å². The van der Waals surface area contributed by atoms with E-state index in [4.69, 9.17) is 0 Å². The molecule has 0 atom stereocenters. The first-order chi connectivity index (χ1) is 8.18. The van der Waals surface area contributed by atoms with Gasteiger partial charge >= 0.3 is 0 Å². The Kier molecular flexibility index (Phi) is 1.89. The lowest BCUT2D eigenvalue weighted by atomic mass is 10.1. The molecule has 0 aliphatic carbocycles. The molecule has 17 heavy (non-hydrogen) atoms. The molecule has 3 rings (SSSR count). The van der Waals surface area contributed by atoms with Crippen LogP contribution in [0, 0.1) is 17.0 Å². The van der Waals surface area contributed by atoms with Gasteiger partial charge in [-0.1, -0.05) is 12.1 Å². The largest absolute Gasteiger partial charge is 0.347 e. The van der Waals surface area contributed by atoms with Crippen LogP contribution in [0.25, 0.3) is 21.8 Å². The standard InChI is InChI=1S/C12H9N3O2/c1-7-11-9(5-6-13-7)8-3-2-4-10(15(16)17)12(8)14-11/h2-6,14H,1H3. The van der Waals surface area contributed by atoms with Crippen LogP contribution in [0.4, 0.5) is 5.69 Å². The molecule has 0 aliphatic heterocycles. The third kappa shape index (κ3) is 1.29. The number of non-ortho nitro benzene ring substituents is 1. The highest BCUT2D eigenvalue weighted by Gasteiger charge is 2.15. The molecule has 0 amide bonds. The van der Waals surface area contributed by atoms with Gasteiger partial charge in [0.05, 0.1) is 16.1 Å². The van der Waals surface area contributed by atoms with Gasteiger partial charge in [0.15, 0.2) is 0 Å². The molecule has 1 N–H and O–H groups in total. The minimum Gasteiger partial charge on any atom is -0.347 e. The van der Waals surface area contributed by atoms with Crippen molar-refractivity contribution in [2.24, 2.45) is 0 Å². The summed E-state index contributed by atoms with van der Waals surface area (Å²) >= 11 is 0. The fraction of sp³-hybridized carbons (Fsp3) is 0.0833. The van der Waals surface area contributed by atoms with Gasteiger partial charge in [-0.3, -0.25) is 15.1 Å². The van der Waals surface area contributed by atoms with E-state index in [1.807, 2.05) is 19.1 Å². The van der Waals surface area contributed by atoms with Gasteiger partial charge in [0.2, 0.25) is 0 Å². The highest BCUT2D eigenvalue weighted by Crippen LogP contribution is 2.31. The molecule has 0 aliphatic rings. The summed E-state index contributed by atoms with van der Waals surface area (Å²) in [7, 11) is 0. The van der Waals surface area contributed by atoms with Crippen LogP contribution in [0.2, 0.25) is 0 Å². The molecule has 0 radical (unpaired) electrons. The van der Waals surface area contributed by atoms with E-state index >= 15 is 0 Å². The number of pyridine rings is 1. The maximum absolute atomic E-state index is 10.9. The Morgan fingerprint density at radius 3 is 2.76 bits per heavy atom. The van der Waals surface area contributed by atoms with Crippen molar-refractivity contribution in [2.75, 3.05) is 0 Å². The van der Waals surface area contributed by atoms with Crippen molar-refractivity contribution in [2.45, 2.75) is 6.92 Å². The molecule has 0 bridgehead atoms. The second-order valence-electron chi connectivity index (χ2n) is 3.90. The van der Waals surface area contributed by atoms with Crippen molar-refractivity contribution < 1.29 is 4.92 Å². The number of para-hydroxylation sites is 1. The number of hydrogen-bond acceptors (Lipinski definition) is 3. The smallest absolute Gasteiger partial charge is 0.293 e. The van der Waals surface area contributed by atoms with Crippen LogP contribution in [0.5, 0.6) is 0 Å². The average molecular weight is 227 g/mol. The fourth-order valence-electron chi connectivity index (χ4n) is 2.12. The lowest BCUT2D eigenvalue weighted by Crippen LogP contribution is -1.88. The molecule has 0 saturated carbocycles. The van der Waals surface area contributed by atoms with E-state index in [-0.39, 0.29) is 10.6 Å². The Hall–Kier alpha value is -2.43. The number of H-pyrrole nitrogens is 1. The summed E-state index contributed by atoms with van der Waals surface area (Å²) in [4.78, 5) is 17.8. The highest BCUT2D eigenvalue weighted by molar-refractivity contribution is 6.10. The van der Waals surface area contributed by atoms with Crippen LogP contribution in [0.15, 0.2) is 30.5 Å². The van der Waals surface area contributed by atoms with E-state index in [1.165, 1.54) is 6.07 Å². The molecular weight excluding hydrogens is 218 g/mol. The first kappa shape index (κ1) is 9.77. The summed E-state index contributed by atoms with van der Waals surface area (Å²) in [6, 6.07) is 6.94. The topological polar surface area (TPSA) is 71.8 Å². The summed E-state index contributed by atoms with van der Waals surface area (Å²) in [6.45, 7) is 1.88. The van der Waals surface area contributed by atoms with Crippen molar-refractivity contribution in [1.82, 2.24) is 9.97 Å². The number of hydrogen-bond donors (Lipinski definition) is 1. The number of aromatic nitrogens is 2. The molecule has 0 spiro atoms. The number of nitrogens with zero attached hydrogens (tertiary/aromatic N) is 2. The molecule has 3 aromatic rings. The normalized spacial score (nSPS) is 11.1. The predicted octanol–water partition coefficient (Wildman–Crippen LogP) is 2.93. The quantitative estimate of drug-likeness (QED) is 0.513. The number of rotatable bonds is 1. The average Bonchev–Trinajstić information content (AvgIpc) is 2.69. The van der Waals surface area contributed by atoms with Gasteiger partial charge in [-0.25, -0.2) is 0 Å². The summed E-state index contributed by atoms with van der Waals surface area (Å²) in [5.74, 6) is 0. The monoisotopic (exact) mass is 227 g/mol. The Morgan fingerprint density at radius 1 is 1.24 bits per heavy atom. The van der Waals surface area contributed by atoms with Crippen LogP contribution in [0.1, 0.15) is 5.69 Å². The maximum atomic E-state index is 10.9. The van der Waals surface area contributed by atoms with Gasteiger partial charge in [-0.15, -0.1) is 0 Å². The Labute approximate surface area is 96.2 Å². The van der Waals surface area contributed by atoms with E-state index < -0.39 is 0 Å². The fourth-order valence-corrected chi connectivity index (χ4v) is 2.12. The highest BCUT2D eigenvalue weighted by atomic mass is 16.6. The molecule has 5 heteroatoms. The molecule has 0 saturated heterocycles. The Balaban J connectivity index is 2.55. The number of nitro benzene ring substituents is 1. The minimum atomic E-state index is -0.375. The van der Waals surface area contributed by atoms with Crippen LogP contribution in [-0.2, 0) is 0 Å². The summed E-state index contributed by atoms with van der Waals surface area (Å²) in [6.07, 6.45) is 1.71. The number of nitro groups is 1. The SMILES string of the molecule is Cc1nccc2c1[nH]c1c([N+](=O)[O-])cccc12. The van der Waals surface area contributed by atoms with Gasteiger partial charge in [-0.2, -0.15) is 0 Å². The molecular formula is C12H9N3O2. The molecule has 84 valence electrons. The van der Waals surface area contributed by atoms with Gasteiger partial charge < -0.3 is 4.98 Å². The predicted molar refractivity (Wildman–Crippen MR) is 65.0 cm³/mol. The summed E-state index contributed by atoms with van der Waals surface area (Å²) < 4.78 is 0. The second kappa shape index (κ2) is 3.28. The van der Waals surface area contributed by atoms with Crippen molar-refractivity contribution in [3.63, 3.8) is 0 Å².